The maximum atomic E-state index is 10.5. The van der Waals surface area contributed by atoms with Gasteiger partial charge in [-0.15, -0.1) is 5.73 Å². The smallest absolute Gasteiger partial charge is 0.0861 e. The average molecular weight is 360 g/mol. The minimum Gasteiger partial charge on any atom is -0.386 e. The van der Waals surface area contributed by atoms with Crippen LogP contribution in [0.4, 0.5) is 0 Å². The molecule has 3 atom stereocenters. The summed E-state index contributed by atoms with van der Waals surface area (Å²) in [5.41, 5.74) is 4.00. The van der Waals surface area contributed by atoms with Crippen LogP contribution in [0.2, 0.25) is 19.6 Å². The van der Waals surface area contributed by atoms with E-state index in [0.29, 0.717) is 18.0 Å². The zero-order chi connectivity index (χ0) is 19.3. The standard InChI is InChI=1S/C22H37NOSi/c1-9-20(23-18(3)19-13-11-10-12-14-19)17(2)15-16-21(22(4,5)24)25(6,7)8/h10-15,17-18,20,23-24H,9H2,1-8H3/t16?,17-,18-,20-/m1/s1. The Balaban J connectivity index is 2.98. The SMILES string of the molecule is CC[C@@H](N[C@H](C)c1ccccc1)[C@H](C)C=C=C(C(C)(C)O)[Si](C)(C)C. The highest BCUT2D eigenvalue weighted by molar-refractivity contribution is 6.83. The average Bonchev–Trinajstić information content (AvgIpc) is 2.50. The number of hydrogen-bond acceptors (Lipinski definition) is 2. The Morgan fingerprint density at radius 2 is 1.76 bits per heavy atom. The lowest BCUT2D eigenvalue weighted by molar-refractivity contribution is 0.127. The van der Waals surface area contributed by atoms with Gasteiger partial charge in [0.15, 0.2) is 0 Å². The maximum absolute atomic E-state index is 10.5. The van der Waals surface area contributed by atoms with Gasteiger partial charge in [-0.25, -0.2) is 0 Å². The number of benzene rings is 1. The van der Waals surface area contributed by atoms with Crippen LogP contribution in [0.25, 0.3) is 0 Å². The fourth-order valence-corrected chi connectivity index (χ4v) is 5.79. The molecule has 0 saturated carbocycles. The fourth-order valence-electron chi connectivity index (χ4n) is 3.44. The molecule has 0 heterocycles. The van der Waals surface area contributed by atoms with Crippen molar-refractivity contribution in [3.05, 3.63) is 52.9 Å². The summed E-state index contributed by atoms with van der Waals surface area (Å²) in [6, 6.07) is 11.3. The van der Waals surface area contributed by atoms with Crippen molar-refractivity contribution in [3.63, 3.8) is 0 Å². The predicted molar refractivity (Wildman–Crippen MR) is 112 cm³/mol. The van der Waals surface area contributed by atoms with E-state index in [1.54, 1.807) is 0 Å². The maximum Gasteiger partial charge on any atom is 0.0861 e. The van der Waals surface area contributed by atoms with Crippen LogP contribution >= 0.6 is 0 Å². The number of nitrogens with one attached hydrogen (secondary N) is 1. The summed E-state index contributed by atoms with van der Waals surface area (Å²) in [5, 5.41) is 15.3. The molecular formula is C22H37NOSi. The summed E-state index contributed by atoms with van der Waals surface area (Å²) in [6.45, 7) is 17.2. The van der Waals surface area contributed by atoms with E-state index >= 15 is 0 Å². The lowest BCUT2D eigenvalue weighted by Crippen LogP contribution is -2.38. The molecule has 0 aliphatic rings. The van der Waals surface area contributed by atoms with E-state index in [2.05, 4.69) is 87.9 Å². The Hall–Kier alpha value is -1.12. The molecule has 3 heteroatoms. The van der Waals surface area contributed by atoms with Gasteiger partial charge in [0.05, 0.1) is 13.7 Å². The first-order valence-electron chi connectivity index (χ1n) is 9.48. The van der Waals surface area contributed by atoms with E-state index in [-0.39, 0.29) is 0 Å². The normalized spacial score (nSPS) is 15.9. The van der Waals surface area contributed by atoms with Crippen LogP contribution < -0.4 is 5.32 Å². The zero-order valence-corrected chi connectivity index (χ0v) is 18.4. The van der Waals surface area contributed by atoms with Crippen LogP contribution in [0.1, 0.15) is 52.6 Å². The second-order valence-corrected chi connectivity index (χ2v) is 13.7. The van der Waals surface area contributed by atoms with Gasteiger partial charge in [0.25, 0.3) is 0 Å². The Morgan fingerprint density at radius 3 is 2.20 bits per heavy atom. The lowest BCUT2D eigenvalue weighted by atomic mass is 9.97. The van der Waals surface area contributed by atoms with Gasteiger partial charge in [-0.3, -0.25) is 0 Å². The van der Waals surface area contributed by atoms with E-state index in [4.69, 9.17) is 0 Å². The highest BCUT2D eigenvalue weighted by Gasteiger charge is 2.31. The second kappa shape index (κ2) is 9.00. The van der Waals surface area contributed by atoms with Crippen molar-refractivity contribution in [2.24, 2.45) is 5.92 Å². The molecule has 2 nitrogen and oxygen atoms in total. The van der Waals surface area contributed by atoms with Gasteiger partial charge in [0, 0.05) is 12.1 Å². The Labute approximate surface area is 156 Å². The Kier molecular flexibility index (Phi) is 7.89. The zero-order valence-electron chi connectivity index (χ0n) is 17.4. The quantitative estimate of drug-likeness (QED) is 0.476. The van der Waals surface area contributed by atoms with Gasteiger partial charge < -0.3 is 10.4 Å². The molecule has 0 fully saturated rings. The Morgan fingerprint density at radius 1 is 1.20 bits per heavy atom. The van der Waals surface area contributed by atoms with Crippen molar-refractivity contribution >= 4 is 8.07 Å². The highest BCUT2D eigenvalue weighted by Crippen LogP contribution is 2.26. The molecule has 1 aromatic carbocycles. The van der Waals surface area contributed by atoms with E-state index in [1.807, 2.05) is 13.8 Å². The van der Waals surface area contributed by atoms with Crippen LogP contribution in [0, 0.1) is 5.92 Å². The summed E-state index contributed by atoms with van der Waals surface area (Å²) in [6.07, 6.45) is 3.21. The number of hydrogen-bond donors (Lipinski definition) is 2. The molecule has 0 aromatic heterocycles. The highest BCUT2D eigenvalue weighted by atomic mass is 28.3. The van der Waals surface area contributed by atoms with Crippen LogP contribution in [0.3, 0.4) is 0 Å². The van der Waals surface area contributed by atoms with E-state index in [0.717, 1.165) is 11.6 Å². The van der Waals surface area contributed by atoms with Crippen molar-refractivity contribution in [2.75, 3.05) is 0 Å². The molecule has 1 rings (SSSR count). The molecule has 140 valence electrons. The fraction of sp³-hybridized carbons (Fsp3) is 0.591. The summed E-state index contributed by atoms with van der Waals surface area (Å²) in [7, 11) is -1.61. The minimum absolute atomic E-state index is 0.316. The molecule has 2 N–H and O–H groups in total. The van der Waals surface area contributed by atoms with Crippen molar-refractivity contribution in [2.45, 2.75) is 78.4 Å². The largest absolute Gasteiger partial charge is 0.386 e. The van der Waals surface area contributed by atoms with Gasteiger partial charge >= 0.3 is 0 Å². The molecule has 25 heavy (non-hydrogen) atoms. The third kappa shape index (κ3) is 6.95. The molecule has 0 saturated heterocycles. The van der Waals surface area contributed by atoms with Crippen molar-refractivity contribution < 1.29 is 5.11 Å². The van der Waals surface area contributed by atoms with Crippen LogP contribution in [-0.2, 0) is 0 Å². The molecule has 0 radical (unpaired) electrons. The Bertz CT molecular complexity index is 573. The first kappa shape index (κ1) is 21.9. The van der Waals surface area contributed by atoms with Gasteiger partial charge in [-0.2, -0.15) is 0 Å². The monoisotopic (exact) mass is 359 g/mol. The van der Waals surface area contributed by atoms with Crippen LogP contribution in [0.15, 0.2) is 47.3 Å². The van der Waals surface area contributed by atoms with Crippen molar-refractivity contribution in [3.8, 4) is 0 Å². The molecule has 0 aliphatic heterocycles. The molecule has 0 bridgehead atoms. The summed E-state index contributed by atoms with van der Waals surface area (Å²) in [4.78, 5) is 0. The predicted octanol–water partition coefficient (Wildman–Crippen LogP) is 5.48. The van der Waals surface area contributed by atoms with Gasteiger partial charge in [0.2, 0.25) is 0 Å². The third-order valence-electron chi connectivity index (χ3n) is 4.69. The first-order valence-corrected chi connectivity index (χ1v) is 13.0. The summed E-state index contributed by atoms with van der Waals surface area (Å²) < 4.78 is 0. The molecule has 0 spiro atoms. The summed E-state index contributed by atoms with van der Waals surface area (Å²) >= 11 is 0. The van der Waals surface area contributed by atoms with Crippen LogP contribution in [-0.4, -0.2) is 24.8 Å². The summed E-state index contributed by atoms with van der Waals surface area (Å²) in [5.74, 6) is 0.352. The van der Waals surface area contributed by atoms with Gasteiger partial charge in [0.1, 0.15) is 0 Å². The van der Waals surface area contributed by atoms with Gasteiger partial charge in [-0.1, -0.05) is 63.8 Å². The third-order valence-corrected chi connectivity index (χ3v) is 6.95. The van der Waals surface area contributed by atoms with E-state index in [9.17, 15) is 5.11 Å². The minimum atomic E-state index is -1.61. The molecular weight excluding hydrogens is 322 g/mol. The molecule has 0 unspecified atom stereocenters. The van der Waals surface area contributed by atoms with Crippen molar-refractivity contribution in [1.82, 2.24) is 5.32 Å². The van der Waals surface area contributed by atoms with Gasteiger partial charge in [-0.05, 0) is 49.9 Å². The van der Waals surface area contributed by atoms with E-state index in [1.165, 1.54) is 5.56 Å². The molecule has 0 aliphatic carbocycles. The molecule has 0 amide bonds. The number of aliphatic hydroxyl groups is 1. The second-order valence-electron chi connectivity index (χ2n) is 8.67. The first-order chi connectivity index (χ1) is 11.5. The lowest BCUT2D eigenvalue weighted by Gasteiger charge is -2.30. The van der Waals surface area contributed by atoms with Crippen LogP contribution in [0.5, 0.6) is 0 Å². The molecule has 1 aromatic rings. The number of rotatable bonds is 8. The van der Waals surface area contributed by atoms with E-state index < -0.39 is 13.7 Å². The topological polar surface area (TPSA) is 32.3 Å². The van der Waals surface area contributed by atoms with Crippen molar-refractivity contribution in [1.29, 1.82) is 0 Å².